The van der Waals surface area contributed by atoms with Crippen molar-refractivity contribution in [2.75, 3.05) is 19.6 Å². The summed E-state index contributed by atoms with van der Waals surface area (Å²) in [6.45, 7) is 11.4. The molecule has 2 unspecified atom stereocenters. The number of carbonyl (C=O) groups is 2. The molecule has 1 amide bonds. The van der Waals surface area contributed by atoms with Crippen molar-refractivity contribution in [1.29, 1.82) is 0 Å². The first-order valence-electron chi connectivity index (χ1n) is 13.6. The first-order valence-corrected chi connectivity index (χ1v) is 13.6. The summed E-state index contributed by atoms with van der Waals surface area (Å²) in [6, 6.07) is 5.39. The number of benzene rings is 1. The zero-order valence-corrected chi connectivity index (χ0v) is 23.4. The average Bonchev–Trinajstić information content (AvgIpc) is 2.93. The Morgan fingerprint density at radius 1 is 1.23 bits per heavy atom. The van der Waals surface area contributed by atoms with Crippen molar-refractivity contribution in [3.8, 4) is 0 Å². The van der Waals surface area contributed by atoms with Crippen LogP contribution in [-0.2, 0) is 4.79 Å². The standard InChI is InChI=1S/C32H42N4O3/c1-5-7-8-12-21-36(6-2)22-20-33-31(37)28-18-19-29(34-24-27-16-10-9-11-17-27)30(23-28)35-26(4)15-13-14-25(3)32(38)39/h5,7-12,16,18-19,21,23-25,27H,1,6,13-15,17,20,22H2,2-4H3,(H,33,37)(H,38,39)/b8-7-,21-12+,34-24+,35-26+. The second-order valence-electron chi connectivity index (χ2n) is 9.52. The Bertz CT molecular complexity index is 1140. The number of amides is 1. The molecule has 208 valence electrons. The molecule has 39 heavy (non-hydrogen) atoms. The van der Waals surface area contributed by atoms with E-state index in [1.165, 1.54) is 0 Å². The molecule has 2 atom stereocenters. The molecule has 1 aromatic rings. The number of carboxylic acids is 1. The maximum Gasteiger partial charge on any atom is 0.306 e. The van der Waals surface area contributed by atoms with Gasteiger partial charge in [0.1, 0.15) is 0 Å². The van der Waals surface area contributed by atoms with Crippen LogP contribution in [0.2, 0.25) is 0 Å². The van der Waals surface area contributed by atoms with Gasteiger partial charge in [0.2, 0.25) is 0 Å². The highest BCUT2D eigenvalue weighted by atomic mass is 16.4. The second-order valence-corrected chi connectivity index (χ2v) is 9.52. The molecule has 0 fully saturated rings. The molecule has 1 aliphatic carbocycles. The number of carbonyl (C=O) groups excluding carboxylic acids is 1. The lowest BCUT2D eigenvalue weighted by molar-refractivity contribution is -0.141. The molecule has 1 aromatic carbocycles. The highest BCUT2D eigenvalue weighted by Crippen LogP contribution is 2.30. The Labute approximate surface area is 233 Å². The molecule has 2 N–H and O–H groups in total. The molecule has 7 nitrogen and oxygen atoms in total. The second kappa shape index (κ2) is 17.5. The Hall–Kier alpha value is -4.00. The van der Waals surface area contributed by atoms with E-state index < -0.39 is 5.97 Å². The van der Waals surface area contributed by atoms with Gasteiger partial charge in [0.15, 0.2) is 0 Å². The minimum atomic E-state index is -0.783. The van der Waals surface area contributed by atoms with E-state index in [1.807, 2.05) is 55.8 Å². The van der Waals surface area contributed by atoms with Crippen LogP contribution in [0, 0.1) is 11.8 Å². The smallest absolute Gasteiger partial charge is 0.306 e. The molecule has 0 heterocycles. The van der Waals surface area contributed by atoms with Crippen LogP contribution in [-0.4, -0.2) is 53.4 Å². The van der Waals surface area contributed by atoms with Crippen molar-refractivity contribution < 1.29 is 14.7 Å². The fraction of sp³-hybridized carbons (Fsp3) is 0.375. The molecule has 0 spiro atoms. The minimum Gasteiger partial charge on any atom is -0.481 e. The molecule has 0 saturated carbocycles. The molecule has 0 aromatic heterocycles. The largest absolute Gasteiger partial charge is 0.481 e. The van der Waals surface area contributed by atoms with Crippen LogP contribution < -0.4 is 5.32 Å². The Balaban J connectivity index is 2.13. The van der Waals surface area contributed by atoms with Gasteiger partial charge >= 0.3 is 5.97 Å². The van der Waals surface area contributed by atoms with Crippen LogP contribution in [0.1, 0.15) is 56.8 Å². The quantitative estimate of drug-likeness (QED) is 0.181. The summed E-state index contributed by atoms with van der Waals surface area (Å²) in [4.78, 5) is 35.7. The number of allylic oxidation sites excluding steroid dienone is 8. The van der Waals surface area contributed by atoms with Crippen LogP contribution in [0.3, 0.4) is 0 Å². The van der Waals surface area contributed by atoms with E-state index in [4.69, 9.17) is 15.1 Å². The lowest BCUT2D eigenvalue weighted by Crippen LogP contribution is -2.32. The molecule has 2 rings (SSSR count). The van der Waals surface area contributed by atoms with Gasteiger partial charge in [-0.3, -0.25) is 19.6 Å². The maximum absolute atomic E-state index is 12.9. The molecule has 0 saturated heterocycles. The zero-order valence-electron chi connectivity index (χ0n) is 23.4. The van der Waals surface area contributed by atoms with Crippen LogP contribution >= 0.6 is 0 Å². The summed E-state index contributed by atoms with van der Waals surface area (Å²) in [7, 11) is 0. The highest BCUT2D eigenvalue weighted by Gasteiger charge is 2.12. The predicted octanol–water partition coefficient (Wildman–Crippen LogP) is 6.81. The molecular formula is C32H42N4O3. The van der Waals surface area contributed by atoms with Gasteiger partial charge < -0.3 is 15.3 Å². The summed E-state index contributed by atoms with van der Waals surface area (Å²) < 4.78 is 0. The minimum absolute atomic E-state index is 0.165. The first-order chi connectivity index (χ1) is 18.8. The summed E-state index contributed by atoms with van der Waals surface area (Å²) in [6.07, 6.45) is 22.5. The van der Waals surface area contributed by atoms with Crippen LogP contribution in [0.25, 0.3) is 0 Å². The highest BCUT2D eigenvalue weighted by molar-refractivity contribution is 5.97. The van der Waals surface area contributed by atoms with Gasteiger partial charge in [0.25, 0.3) is 5.91 Å². The Morgan fingerprint density at radius 2 is 2.05 bits per heavy atom. The lowest BCUT2D eigenvalue weighted by Gasteiger charge is -2.18. The molecule has 0 radical (unpaired) electrons. The third kappa shape index (κ3) is 11.9. The van der Waals surface area contributed by atoms with Gasteiger partial charge in [-0.1, -0.05) is 56.0 Å². The van der Waals surface area contributed by atoms with Crippen molar-refractivity contribution >= 4 is 35.2 Å². The number of likely N-dealkylation sites (N-methyl/N-ethyl adjacent to an activating group) is 1. The third-order valence-electron chi connectivity index (χ3n) is 6.31. The Morgan fingerprint density at radius 3 is 2.74 bits per heavy atom. The average molecular weight is 531 g/mol. The normalized spacial score (nSPS) is 16.3. The molecule has 7 heteroatoms. The fourth-order valence-electron chi connectivity index (χ4n) is 3.87. The van der Waals surface area contributed by atoms with Gasteiger partial charge in [-0.25, -0.2) is 0 Å². The van der Waals surface area contributed by atoms with Crippen LogP contribution in [0.4, 0.5) is 11.4 Å². The number of carboxylic acid groups (broad SMARTS) is 1. The molecule has 1 aliphatic rings. The van der Waals surface area contributed by atoms with E-state index in [2.05, 4.69) is 35.9 Å². The van der Waals surface area contributed by atoms with E-state index in [-0.39, 0.29) is 17.7 Å². The number of aliphatic carboxylic acids is 1. The van der Waals surface area contributed by atoms with E-state index in [9.17, 15) is 9.59 Å². The third-order valence-corrected chi connectivity index (χ3v) is 6.31. The van der Waals surface area contributed by atoms with Gasteiger partial charge in [0.05, 0.1) is 17.3 Å². The van der Waals surface area contributed by atoms with Crippen molar-refractivity contribution in [1.82, 2.24) is 10.2 Å². The molecular weight excluding hydrogens is 488 g/mol. The van der Waals surface area contributed by atoms with Gasteiger partial charge in [-0.2, -0.15) is 0 Å². The number of aliphatic imine (C=N–C) groups is 2. The molecule has 0 aliphatic heterocycles. The Kier molecular flexibility index (Phi) is 14.0. The molecule has 0 bridgehead atoms. The number of rotatable bonds is 16. The maximum atomic E-state index is 12.9. The first kappa shape index (κ1) is 31.2. The van der Waals surface area contributed by atoms with Crippen LogP contribution in [0.5, 0.6) is 0 Å². The lowest BCUT2D eigenvalue weighted by atomic mass is 10.0. The summed E-state index contributed by atoms with van der Waals surface area (Å²) in [5.41, 5.74) is 2.72. The number of hydrogen-bond donors (Lipinski definition) is 2. The van der Waals surface area contributed by atoms with Gasteiger partial charge in [-0.05, 0) is 70.0 Å². The fourth-order valence-corrected chi connectivity index (χ4v) is 3.87. The zero-order chi connectivity index (χ0) is 28.5. The number of hydrogen-bond acceptors (Lipinski definition) is 5. The topological polar surface area (TPSA) is 94.4 Å². The number of nitrogens with one attached hydrogen (secondary N) is 1. The van der Waals surface area contributed by atoms with Crippen LogP contribution in [0.15, 0.2) is 89.6 Å². The number of nitrogens with zero attached hydrogens (tertiary/aromatic N) is 3. The van der Waals surface area contributed by atoms with Crippen molar-refractivity contribution in [3.63, 3.8) is 0 Å². The van der Waals surface area contributed by atoms with Crippen molar-refractivity contribution in [3.05, 3.63) is 85.1 Å². The predicted molar refractivity (Wildman–Crippen MR) is 162 cm³/mol. The van der Waals surface area contributed by atoms with Gasteiger partial charge in [-0.15, -0.1) is 0 Å². The summed E-state index contributed by atoms with van der Waals surface area (Å²) >= 11 is 0. The van der Waals surface area contributed by atoms with E-state index in [1.54, 1.807) is 25.1 Å². The monoisotopic (exact) mass is 530 g/mol. The van der Waals surface area contributed by atoms with Crippen molar-refractivity contribution in [2.45, 2.75) is 46.5 Å². The van der Waals surface area contributed by atoms with Crippen molar-refractivity contribution in [2.24, 2.45) is 21.8 Å². The summed E-state index contributed by atoms with van der Waals surface area (Å²) in [5, 5.41) is 12.1. The SMILES string of the molecule is C=C/C=C\C=C\N(CC)CCNC(=O)c1ccc(/N=C/C2C=CC=CC2)c(/N=C(\C)CCCC(C)C(=O)O)c1. The van der Waals surface area contributed by atoms with E-state index >= 15 is 0 Å². The van der Waals surface area contributed by atoms with E-state index in [0.29, 0.717) is 42.9 Å². The van der Waals surface area contributed by atoms with Gasteiger partial charge in [0, 0.05) is 43.0 Å². The summed E-state index contributed by atoms with van der Waals surface area (Å²) in [5.74, 6) is -1.11. The van der Waals surface area contributed by atoms with E-state index in [0.717, 1.165) is 25.1 Å².